The summed E-state index contributed by atoms with van der Waals surface area (Å²) in [6.45, 7) is 4.53. The van der Waals surface area contributed by atoms with Gasteiger partial charge in [0.15, 0.2) is 17.5 Å². The first-order chi connectivity index (χ1) is 12.6. The number of rotatable bonds is 6. The summed E-state index contributed by atoms with van der Waals surface area (Å²) in [6, 6.07) is 4.45. The number of nitrogens with zero attached hydrogens (tertiary/aromatic N) is 2. The minimum atomic E-state index is -0.00767. The Morgan fingerprint density at radius 1 is 1.23 bits per heavy atom. The van der Waals surface area contributed by atoms with E-state index in [0.29, 0.717) is 6.04 Å². The highest BCUT2D eigenvalue weighted by molar-refractivity contribution is 5.85. The van der Waals surface area contributed by atoms with Crippen LogP contribution in [0.1, 0.15) is 30.9 Å². The van der Waals surface area contributed by atoms with Crippen molar-refractivity contribution in [2.24, 2.45) is 4.99 Å². The van der Waals surface area contributed by atoms with E-state index in [0.717, 1.165) is 56.4 Å². The Labute approximate surface area is 154 Å². The average molecular weight is 360 g/mol. The van der Waals surface area contributed by atoms with Gasteiger partial charge in [-0.25, -0.2) is 4.99 Å². The molecule has 1 amide bonds. The number of carbonyl (C=O) groups excluding carboxylic acids is 1. The van der Waals surface area contributed by atoms with Crippen LogP contribution in [0.5, 0.6) is 11.5 Å². The molecule has 26 heavy (non-hydrogen) atoms. The molecule has 1 aromatic rings. The molecular formula is C19H28N4O3. The van der Waals surface area contributed by atoms with E-state index in [1.807, 2.05) is 13.0 Å². The van der Waals surface area contributed by atoms with E-state index in [2.05, 4.69) is 26.6 Å². The molecule has 1 fully saturated rings. The molecule has 0 unspecified atom stereocenters. The van der Waals surface area contributed by atoms with Crippen molar-refractivity contribution in [3.63, 3.8) is 0 Å². The SMILES string of the molecule is CCNC(=NCC(=O)NC1CC1)N1CCc2cc(OC)c(OC)cc2C1. The topological polar surface area (TPSA) is 75.2 Å². The largest absolute Gasteiger partial charge is 0.493 e. The number of carbonyl (C=O) groups is 1. The maximum Gasteiger partial charge on any atom is 0.242 e. The van der Waals surface area contributed by atoms with Crippen molar-refractivity contribution in [1.82, 2.24) is 15.5 Å². The van der Waals surface area contributed by atoms with Crippen LogP contribution >= 0.6 is 0 Å². The van der Waals surface area contributed by atoms with Crippen molar-refractivity contribution in [3.8, 4) is 11.5 Å². The summed E-state index contributed by atoms with van der Waals surface area (Å²) in [7, 11) is 3.30. The van der Waals surface area contributed by atoms with Crippen LogP contribution in [0.4, 0.5) is 0 Å². The van der Waals surface area contributed by atoms with Gasteiger partial charge in [-0.3, -0.25) is 4.79 Å². The fraction of sp³-hybridized carbons (Fsp3) is 0.579. The second kappa shape index (κ2) is 8.29. The normalized spacial score (nSPS) is 16.7. The van der Waals surface area contributed by atoms with E-state index in [4.69, 9.17) is 9.47 Å². The zero-order valence-corrected chi connectivity index (χ0v) is 15.8. The summed E-state index contributed by atoms with van der Waals surface area (Å²) < 4.78 is 10.8. The molecule has 0 atom stereocenters. The molecule has 0 bridgehead atoms. The van der Waals surface area contributed by atoms with Crippen LogP contribution in [0.25, 0.3) is 0 Å². The lowest BCUT2D eigenvalue weighted by Crippen LogP contribution is -2.44. The lowest BCUT2D eigenvalue weighted by Gasteiger charge is -2.32. The van der Waals surface area contributed by atoms with Crippen molar-refractivity contribution in [2.75, 3.05) is 33.9 Å². The van der Waals surface area contributed by atoms with E-state index in [1.165, 1.54) is 11.1 Å². The van der Waals surface area contributed by atoms with Crippen molar-refractivity contribution in [1.29, 1.82) is 0 Å². The van der Waals surface area contributed by atoms with Crippen LogP contribution < -0.4 is 20.1 Å². The van der Waals surface area contributed by atoms with Gasteiger partial charge in [0.25, 0.3) is 0 Å². The highest BCUT2D eigenvalue weighted by Crippen LogP contribution is 2.33. The predicted molar refractivity (Wildman–Crippen MR) is 101 cm³/mol. The van der Waals surface area contributed by atoms with E-state index in [9.17, 15) is 4.79 Å². The summed E-state index contributed by atoms with van der Waals surface area (Å²) in [5, 5.41) is 6.27. The Kier molecular flexibility index (Phi) is 5.85. The number of benzene rings is 1. The number of aliphatic imine (C=N–C) groups is 1. The smallest absolute Gasteiger partial charge is 0.242 e. The van der Waals surface area contributed by atoms with Crippen molar-refractivity contribution in [2.45, 2.75) is 38.8 Å². The highest BCUT2D eigenvalue weighted by Gasteiger charge is 2.24. The first-order valence-corrected chi connectivity index (χ1v) is 9.21. The molecule has 142 valence electrons. The fourth-order valence-corrected chi connectivity index (χ4v) is 3.14. The zero-order valence-electron chi connectivity index (χ0n) is 15.8. The van der Waals surface area contributed by atoms with Crippen molar-refractivity contribution >= 4 is 11.9 Å². The molecule has 7 nitrogen and oxygen atoms in total. The maximum atomic E-state index is 11.9. The lowest BCUT2D eigenvalue weighted by atomic mass is 9.99. The molecule has 7 heteroatoms. The number of hydrogen-bond acceptors (Lipinski definition) is 4. The van der Waals surface area contributed by atoms with Gasteiger partial charge in [-0.1, -0.05) is 0 Å². The number of fused-ring (bicyclic) bond motifs is 1. The van der Waals surface area contributed by atoms with Crippen LogP contribution in [0.3, 0.4) is 0 Å². The quantitative estimate of drug-likeness (QED) is 0.591. The molecule has 1 aliphatic heterocycles. The average Bonchev–Trinajstić information content (AvgIpc) is 3.47. The molecule has 1 saturated carbocycles. The second-order valence-electron chi connectivity index (χ2n) is 6.66. The summed E-state index contributed by atoms with van der Waals surface area (Å²) in [4.78, 5) is 18.7. The molecule has 2 aliphatic rings. The summed E-state index contributed by atoms with van der Waals surface area (Å²) in [6.07, 6.45) is 3.07. The van der Waals surface area contributed by atoms with E-state index < -0.39 is 0 Å². The lowest BCUT2D eigenvalue weighted by molar-refractivity contribution is -0.119. The van der Waals surface area contributed by atoms with E-state index in [-0.39, 0.29) is 12.5 Å². The molecule has 2 N–H and O–H groups in total. The van der Waals surface area contributed by atoms with Crippen LogP contribution in [0, 0.1) is 0 Å². The third kappa shape index (κ3) is 4.39. The minimum Gasteiger partial charge on any atom is -0.493 e. The van der Waals surface area contributed by atoms with Crippen molar-refractivity contribution in [3.05, 3.63) is 23.3 Å². The monoisotopic (exact) mass is 360 g/mol. The van der Waals surface area contributed by atoms with Gasteiger partial charge < -0.3 is 25.0 Å². The number of hydrogen-bond donors (Lipinski definition) is 2. The van der Waals surface area contributed by atoms with Crippen LogP contribution in [0.2, 0.25) is 0 Å². The highest BCUT2D eigenvalue weighted by atomic mass is 16.5. The third-order valence-electron chi connectivity index (χ3n) is 4.67. The van der Waals surface area contributed by atoms with Crippen LogP contribution in [-0.2, 0) is 17.8 Å². The molecule has 3 rings (SSSR count). The Balaban J connectivity index is 1.71. The van der Waals surface area contributed by atoms with Gasteiger partial charge >= 0.3 is 0 Å². The fourth-order valence-electron chi connectivity index (χ4n) is 3.14. The summed E-state index contributed by atoms with van der Waals surface area (Å²) >= 11 is 0. The number of ether oxygens (including phenoxy) is 2. The standard InChI is InChI=1S/C19H28N4O3/c1-4-20-19(21-11-18(24)22-15-5-6-15)23-8-7-13-9-16(25-2)17(26-3)10-14(13)12-23/h9-10,15H,4-8,11-12H2,1-3H3,(H,20,21)(H,22,24). The molecule has 0 saturated heterocycles. The Morgan fingerprint density at radius 3 is 2.54 bits per heavy atom. The van der Waals surface area contributed by atoms with Gasteiger partial charge in [-0.05, 0) is 49.4 Å². The number of nitrogens with one attached hydrogen (secondary N) is 2. The van der Waals surface area contributed by atoms with Gasteiger partial charge in [0.2, 0.25) is 5.91 Å². The van der Waals surface area contributed by atoms with E-state index in [1.54, 1.807) is 14.2 Å². The van der Waals surface area contributed by atoms with Gasteiger partial charge in [0.05, 0.1) is 14.2 Å². The Hall–Kier alpha value is -2.44. The molecule has 0 spiro atoms. The summed E-state index contributed by atoms with van der Waals surface area (Å²) in [5.74, 6) is 2.27. The molecule has 0 aromatic heterocycles. The molecule has 1 heterocycles. The molecule has 1 aromatic carbocycles. The van der Waals surface area contributed by atoms with E-state index >= 15 is 0 Å². The van der Waals surface area contributed by atoms with Gasteiger partial charge in [-0.2, -0.15) is 0 Å². The molecule has 1 aliphatic carbocycles. The predicted octanol–water partition coefficient (Wildman–Crippen LogP) is 1.31. The first kappa shape index (κ1) is 18.4. The maximum absolute atomic E-state index is 11.9. The van der Waals surface area contributed by atoms with Crippen LogP contribution in [0.15, 0.2) is 17.1 Å². The number of methoxy groups -OCH3 is 2. The second-order valence-corrected chi connectivity index (χ2v) is 6.66. The number of amides is 1. The third-order valence-corrected chi connectivity index (χ3v) is 4.67. The number of guanidine groups is 1. The Bertz CT molecular complexity index is 686. The minimum absolute atomic E-state index is 0.00767. The molecule has 0 radical (unpaired) electrons. The van der Waals surface area contributed by atoms with Crippen LogP contribution in [-0.4, -0.2) is 56.7 Å². The molecular weight excluding hydrogens is 332 g/mol. The van der Waals surface area contributed by atoms with Gasteiger partial charge in [0.1, 0.15) is 6.54 Å². The first-order valence-electron chi connectivity index (χ1n) is 9.21. The summed E-state index contributed by atoms with van der Waals surface area (Å²) in [5.41, 5.74) is 2.46. The Morgan fingerprint density at radius 2 is 1.92 bits per heavy atom. The zero-order chi connectivity index (χ0) is 18.5. The van der Waals surface area contributed by atoms with Gasteiger partial charge in [-0.15, -0.1) is 0 Å². The van der Waals surface area contributed by atoms with Gasteiger partial charge in [0, 0.05) is 25.7 Å². The van der Waals surface area contributed by atoms with Crippen molar-refractivity contribution < 1.29 is 14.3 Å².